The molecule has 0 radical (unpaired) electrons. The predicted octanol–water partition coefficient (Wildman–Crippen LogP) is -6.13. The minimum Gasteiger partial charge on any atom is -0.862 e. The predicted molar refractivity (Wildman–Crippen MR) is 66.4 cm³/mol. The van der Waals surface area contributed by atoms with Crippen molar-refractivity contribution in [2.45, 2.75) is 51.5 Å². The Hall–Kier alpha value is 0.150. The van der Waals surface area contributed by atoms with Gasteiger partial charge in [-0.1, -0.05) is 25.5 Å². The maximum Gasteiger partial charge on any atom is 1.00 e. The molecule has 108 valence electrons. The summed E-state index contributed by atoms with van der Waals surface area (Å²) in [6, 6.07) is -1.30. The Morgan fingerprint density at radius 1 is 1.14 bits per heavy atom. The van der Waals surface area contributed by atoms with Crippen molar-refractivity contribution in [3.63, 3.8) is 0 Å². The molecular weight excluding hydrogens is 296 g/mol. The molecule has 1 N–H and O–H groups in total. The number of unbranched alkanes of at least 4 members (excludes halogenated alkanes) is 1. The van der Waals surface area contributed by atoms with Gasteiger partial charge in [0.05, 0.1) is 0 Å². The summed E-state index contributed by atoms with van der Waals surface area (Å²) in [5.41, 5.74) is 0. The van der Waals surface area contributed by atoms with Crippen LogP contribution in [0.5, 0.6) is 0 Å². The van der Waals surface area contributed by atoms with E-state index in [0.717, 1.165) is 12.8 Å². The van der Waals surface area contributed by atoms with Crippen molar-refractivity contribution in [3.8, 4) is 0 Å². The number of aliphatic imine (C=N–C) groups is 1. The SMILES string of the molecule is CCC/C=C/CCC([O-])=N[C@@H](CCC(=O)[O-])C(=O)O.[Na+].[Na+]. The first-order valence-corrected chi connectivity index (χ1v) is 6.28. The van der Waals surface area contributed by atoms with Crippen molar-refractivity contribution >= 4 is 17.8 Å². The number of hydrogen-bond donors (Lipinski definition) is 1. The molecule has 0 aromatic rings. The molecule has 0 amide bonds. The van der Waals surface area contributed by atoms with Gasteiger partial charge in [-0.3, -0.25) is 4.99 Å². The fraction of sp³-hybridized carbons (Fsp3) is 0.615. The van der Waals surface area contributed by atoms with E-state index in [9.17, 15) is 19.8 Å². The minimum atomic E-state index is -1.35. The minimum absolute atomic E-state index is 0. The first-order valence-electron chi connectivity index (χ1n) is 6.28. The molecule has 0 saturated carbocycles. The maximum absolute atomic E-state index is 11.4. The summed E-state index contributed by atoms with van der Waals surface area (Å²) in [7, 11) is 0. The van der Waals surface area contributed by atoms with Crippen LogP contribution in [0.1, 0.15) is 45.4 Å². The number of rotatable bonds is 10. The zero-order chi connectivity index (χ0) is 14.7. The Kier molecular flexibility index (Phi) is 20.5. The maximum atomic E-state index is 11.4. The smallest absolute Gasteiger partial charge is 0.862 e. The fourth-order valence-corrected chi connectivity index (χ4v) is 1.35. The molecule has 0 heterocycles. The molecule has 0 bridgehead atoms. The first-order chi connectivity index (χ1) is 8.97. The zero-order valence-electron chi connectivity index (χ0n) is 13.0. The molecule has 21 heavy (non-hydrogen) atoms. The Labute approximate surface area is 169 Å². The molecule has 8 heteroatoms. The average molecular weight is 315 g/mol. The third kappa shape index (κ3) is 16.3. The van der Waals surface area contributed by atoms with E-state index >= 15 is 0 Å². The van der Waals surface area contributed by atoms with E-state index < -0.39 is 30.3 Å². The van der Waals surface area contributed by atoms with Crippen molar-refractivity contribution in [3.05, 3.63) is 12.2 Å². The number of allylic oxidation sites excluding steroid dienone is 2. The van der Waals surface area contributed by atoms with Crippen LogP contribution in [0.4, 0.5) is 0 Å². The van der Waals surface area contributed by atoms with E-state index in [0.29, 0.717) is 6.42 Å². The summed E-state index contributed by atoms with van der Waals surface area (Å²) in [6.45, 7) is 2.04. The Morgan fingerprint density at radius 3 is 2.19 bits per heavy atom. The second kappa shape index (κ2) is 16.5. The summed E-state index contributed by atoms with van der Waals surface area (Å²) in [5, 5.41) is 30.5. The van der Waals surface area contributed by atoms with Crippen LogP contribution in [0.2, 0.25) is 0 Å². The van der Waals surface area contributed by atoms with E-state index in [4.69, 9.17) is 5.11 Å². The van der Waals surface area contributed by atoms with Gasteiger partial charge < -0.3 is 20.1 Å². The number of hydrogen-bond acceptors (Lipinski definition) is 5. The molecule has 0 aromatic carbocycles. The molecule has 0 spiro atoms. The van der Waals surface area contributed by atoms with Crippen LogP contribution in [-0.4, -0.2) is 29.0 Å². The van der Waals surface area contributed by atoms with Crippen LogP contribution >= 0.6 is 0 Å². The quantitative estimate of drug-likeness (QED) is 0.187. The molecule has 1 atom stereocenters. The van der Waals surface area contributed by atoms with Crippen LogP contribution in [0.15, 0.2) is 17.1 Å². The molecule has 0 aliphatic carbocycles. The van der Waals surface area contributed by atoms with E-state index in [1.165, 1.54) is 0 Å². The van der Waals surface area contributed by atoms with Gasteiger partial charge in [-0.2, -0.15) is 0 Å². The third-order valence-corrected chi connectivity index (χ3v) is 2.35. The second-order valence-electron chi connectivity index (χ2n) is 4.09. The molecule has 0 fully saturated rings. The normalized spacial score (nSPS) is 12.3. The fourth-order valence-electron chi connectivity index (χ4n) is 1.35. The molecule has 0 rings (SSSR count). The largest absolute Gasteiger partial charge is 1.00 e. The standard InChI is InChI=1S/C13H21NO5.2Na/c1-2-3-4-5-6-7-11(15)14-10(13(18)19)8-9-12(16)17;;/h4-5,10H,2-3,6-9H2,1H3,(H,14,15)(H,16,17)(H,18,19);;/q;2*+1/p-2/b5-4+;;/t10-;;/m0../s1. The van der Waals surface area contributed by atoms with Crippen molar-refractivity contribution < 1.29 is 84.0 Å². The van der Waals surface area contributed by atoms with E-state index in [2.05, 4.69) is 4.99 Å². The van der Waals surface area contributed by atoms with Gasteiger partial charge in [0.25, 0.3) is 0 Å². The van der Waals surface area contributed by atoms with Crippen LogP contribution in [-0.2, 0) is 9.59 Å². The van der Waals surface area contributed by atoms with Gasteiger partial charge in [0.15, 0.2) is 0 Å². The molecule has 6 nitrogen and oxygen atoms in total. The molecule has 0 saturated heterocycles. The Morgan fingerprint density at radius 2 is 1.71 bits per heavy atom. The molecule has 0 aliphatic rings. The number of carboxylic acid groups (broad SMARTS) is 2. The van der Waals surface area contributed by atoms with Gasteiger partial charge in [-0.25, -0.2) is 4.79 Å². The van der Waals surface area contributed by atoms with Crippen molar-refractivity contribution in [1.82, 2.24) is 0 Å². The number of carbonyl (C=O) groups excluding carboxylic acids is 1. The molecule has 0 unspecified atom stereocenters. The van der Waals surface area contributed by atoms with Crippen molar-refractivity contribution in [2.75, 3.05) is 0 Å². The molecule has 0 aromatic heterocycles. The van der Waals surface area contributed by atoms with Crippen molar-refractivity contribution in [1.29, 1.82) is 0 Å². The van der Waals surface area contributed by atoms with Gasteiger partial charge in [0, 0.05) is 5.97 Å². The van der Waals surface area contributed by atoms with Gasteiger partial charge in [-0.15, -0.1) is 0 Å². The van der Waals surface area contributed by atoms with E-state index in [-0.39, 0.29) is 72.0 Å². The van der Waals surface area contributed by atoms with Crippen LogP contribution in [0.3, 0.4) is 0 Å². The molecular formula is C13H19NNa2O5. The van der Waals surface area contributed by atoms with Crippen LogP contribution < -0.4 is 69.3 Å². The Bertz CT molecular complexity index is 358. The average Bonchev–Trinajstić information content (AvgIpc) is 2.33. The number of aliphatic carboxylic acids is 2. The Balaban J connectivity index is -0.00000162. The van der Waals surface area contributed by atoms with Crippen LogP contribution in [0.25, 0.3) is 0 Å². The second-order valence-corrected chi connectivity index (χ2v) is 4.09. The van der Waals surface area contributed by atoms with E-state index in [1.54, 1.807) is 0 Å². The van der Waals surface area contributed by atoms with E-state index in [1.807, 2.05) is 19.1 Å². The molecule has 0 aliphatic heterocycles. The van der Waals surface area contributed by atoms with Gasteiger partial charge in [0.2, 0.25) is 0 Å². The van der Waals surface area contributed by atoms with Gasteiger partial charge >= 0.3 is 65.1 Å². The summed E-state index contributed by atoms with van der Waals surface area (Å²) >= 11 is 0. The number of carboxylic acids is 2. The van der Waals surface area contributed by atoms with Gasteiger partial charge in [0.1, 0.15) is 6.04 Å². The summed E-state index contributed by atoms with van der Waals surface area (Å²) in [4.78, 5) is 24.5. The van der Waals surface area contributed by atoms with Crippen LogP contribution in [0, 0.1) is 0 Å². The third-order valence-electron chi connectivity index (χ3n) is 2.35. The summed E-state index contributed by atoms with van der Waals surface area (Å²) in [6.07, 6.45) is 5.77. The topological polar surface area (TPSA) is 113 Å². The number of nitrogens with zero attached hydrogens (tertiary/aromatic N) is 1. The first kappa shape index (κ1) is 26.1. The monoisotopic (exact) mass is 315 g/mol. The number of carbonyl (C=O) groups is 2. The summed E-state index contributed by atoms with van der Waals surface area (Å²) in [5.74, 6) is -3.17. The zero-order valence-corrected chi connectivity index (χ0v) is 17.0. The summed E-state index contributed by atoms with van der Waals surface area (Å²) < 4.78 is 0. The van der Waals surface area contributed by atoms with Gasteiger partial charge in [-0.05, 0) is 38.0 Å². The van der Waals surface area contributed by atoms with Crippen molar-refractivity contribution in [2.24, 2.45) is 4.99 Å².